The zero-order valence-corrected chi connectivity index (χ0v) is 9.77. The SMILES string of the molecule is CC(Nc1cc(F)ccc1Cl)C(C)(C)O. The smallest absolute Gasteiger partial charge is 0.125 e. The molecule has 4 heteroatoms. The third-order valence-corrected chi connectivity index (χ3v) is 2.69. The van der Waals surface area contributed by atoms with Crippen LogP contribution >= 0.6 is 11.6 Å². The zero-order chi connectivity index (χ0) is 11.6. The molecule has 1 unspecified atom stereocenters. The molecule has 1 rings (SSSR count). The summed E-state index contributed by atoms with van der Waals surface area (Å²) in [5.74, 6) is -0.357. The van der Waals surface area contributed by atoms with E-state index in [1.807, 2.05) is 0 Å². The van der Waals surface area contributed by atoms with Gasteiger partial charge in [-0.3, -0.25) is 0 Å². The van der Waals surface area contributed by atoms with Crippen LogP contribution in [0.15, 0.2) is 18.2 Å². The minimum atomic E-state index is -0.893. The lowest BCUT2D eigenvalue weighted by atomic mass is 10.0. The number of rotatable bonds is 3. The summed E-state index contributed by atoms with van der Waals surface area (Å²) in [5.41, 5.74) is -0.401. The summed E-state index contributed by atoms with van der Waals surface area (Å²) in [6.07, 6.45) is 0. The van der Waals surface area contributed by atoms with Crippen LogP contribution in [0.25, 0.3) is 0 Å². The molecule has 0 spiro atoms. The first-order valence-electron chi connectivity index (χ1n) is 4.74. The Labute approximate surface area is 94.1 Å². The fourth-order valence-electron chi connectivity index (χ4n) is 1.02. The van der Waals surface area contributed by atoms with E-state index in [1.54, 1.807) is 20.8 Å². The molecule has 1 aromatic carbocycles. The summed E-state index contributed by atoms with van der Waals surface area (Å²) in [5, 5.41) is 13.1. The van der Waals surface area contributed by atoms with Crippen molar-refractivity contribution >= 4 is 17.3 Å². The molecule has 0 aromatic heterocycles. The first-order valence-corrected chi connectivity index (χ1v) is 5.12. The van der Waals surface area contributed by atoms with Crippen LogP contribution in [0.2, 0.25) is 5.02 Å². The van der Waals surface area contributed by atoms with Crippen LogP contribution < -0.4 is 5.32 Å². The molecule has 0 aliphatic carbocycles. The lowest BCUT2D eigenvalue weighted by Gasteiger charge is -2.28. The van der Waals surface area contributed by atoms with Gasteiger partial charge in [-0.15, -0.1) is 0 Å². The molecule has 0 amide bonds. The standard InChI is InChI=1S/C11H15ClFNO/c1-7(11(2,3)15)14-10-6-8(13)4-5-9(10)12/h4-7,14-15H,1-3H3. The Balaban J connectivity index is 2.85. The van der Waals surface area contributed by atoms with Gasteiger partial charge in [0, 0.05) is 0 Å². The molecule has 0 fully saturated rings. The van der Waals surface area contributed by atoms with Gasteiger partial charge in [0.05, 0.1) is 22.4 Å². The van der Waals surface area contributed by atoms with E-state index in [-0.39, 0.29) is 11.9 Å². The predicted octanol–water partition coefficient (Wildman–Crippen LogP) is 3.05. The molecule has 2 N–H and O–H groups in total. The summed E-state index contributed by atoms with van der Waals surface area (Å²) >= 11 is 5.88. The van der Waals surface area contributed by atoms with Crippen LogP contribution in [0, 0.1) is 5.82 Å². The molecule has 84 valence electrons. The van der Waals surface area contributed by atoms with Crippen molar-refractivity contribution in [3.8, 4) is 0 Å². The van der Waals surface area contributed by atoms with E-state index >= 15 is 0 Å². The summed E-state index contributed by atoms with van der Waals surface area (Å²) < 4.78 is 12.9. The summed E-state index contributed by atoms with van der Waals surface area (Å²) in [6.45, 7) is 5.16. The number of aliphatic hydroxyl groups is 1. The van der Waals surface area contributed by atoms with E-state index < -0.39 is 5.60 Å². The quantitative estimate of drug-likeness (QED) is 0.838. The maximum Gasteiger partial charge on any atom is 0.125 e. The molecular weight excluding hydrogens is 217 g/mol. The summed E-state index contributed by atoms with van der Waals surface area (Å²) in [4.78, 5) is 0. The van der Waals surface area contributed by atoms with Crippen molar-refractivity contribution in [1.82, 2.24) is 0 Å². The normalized spacial score (nSPS) is 13.7. The first-order chi connectivity index (χ1) is 6.80. The number of hydrogen-bond acceptors (Lipinski definition) is 2. The second-order valence-corrected chi connectivity index (χ2v) is 4.55. The van der Waals surface area contributed by atoms with E-state index in [1.165, 1.54) is 18.2 Å². The zero-order valence-electron chi connectivity index (χ0n) is 9.01. The van der Waals surface area contributed by atoms with Gasteiger partial charge < -0.3 is 10.4 Å². The van der Waals surface area contributed by atoms with Gasteiger partial charge in [-0.1, -0.05) is 11.6 Å². The molecule has 0 aliphatic heterocycles. The highest BCUT2D eigenvalue weighted by atomic mass is 35.5. The molecular formula is C11H15ClFNO. The average molecular weight is 232 g/mol. The van der Waals surface area contributed by atoms with Gasteiger partial charge in [0.25, 0.3) is 0 Å². The Bertz CT molecular complexity index is 349. The van der Waals surface area contributed by atoms with Crippen LogP contribution in [0.4, 0.5) is 10.1 Å². The van der Waals surface area contributed by atoms with Crippen LogP contribution in [0.1, 0.15) is 20.8 Å². The Hall–Kier alpha value is -0.800. The van der Waals surface area contributed by atoms with Crippen molar-refractivity contribution in [2.24, 2.45) is 0 Å². The molecule has 0 aliphatic rings. The molecule has 0 bridgehead atoms. The van der Waals surface area contributed by atoms with E-state index in [9.17, 15) is 9.50 Å². The van der Waals surface area contributed by atoms with Gasteiger partial charge in [-0.05, 0) is 39.0 Å². The van der Waals surface area contributed by atoms with Crippen molar-refractivity contribution in [3.05, 3.63) is 29.0 Å². The lowest BCUT2D eigenvalue weighted by Crippen LogP contribution is -2.39. The van der Waals surface area contributed by atoms with Gasteiger partial charge in [-0.2, -0.15) is 0 Å². The second-order valence-electron chi connectivity index (χ2n) is 4.14. The molecule has 1 aromatic rings. The average Bonchev–Trinajstić information content (AvgIpc) is 2.09. The van der Waals surface area contributed by atoms with Gasteiger partial charge in [0.1, 0.15) is 5.82 Å². The Morgan fingerprint density at radius 3 is 2.60 bits per heavy atom. The molecule has 1 atom stereocenters. The maximum atomic E-state index is 12.9. The number of benzene rings is 1. The Morgan fingerprint density at radius 2 is 2.07 bits per heavy atom. The Kier molecular flexibility index (Phi) is 3.58. The molecule has 0 saturated heterocycles. The number of nitrogens with one attached hydrogen (secondary N) is 1. The van der Waals surface area contributed by atoms with Crippen LogP contribution in [-0.4, -0.2) is 16.7 Å². The highest BCUT2D eigenvalue weighted by molar-refractivity contribution is 6.33. The van der Waals surface area contributed by atoms with Crippen LogP contribution in [0.3, 0.4) is 0 Å². The molecule has 2 nitrogen and oxygen atoms in total. The molecule has 0 heterocycles. The third kappa shape index (κ3) is 3.36. The van der Waals surface area contributed by atoms with E-state index in [4.69, 9.17) is 11.6 Å². The van der Waals surface area contributed by atoms with Gasteiger partial charge >= 0.3 is 0 Å². The molecule has 0 saturated carbocycles. The van der Waals surface area contributed by atoms with Crippen molar-refractivity contribution in [2.75, 3.05) is 5.32 Å². The molecule has 0 radical (unpaired) electrons. The van der Waals surface area contributed by atoms with Crippen molar-refractivity contribution in [3.63, 3.8) is 0 Å². The number of halogens is 2. The van der Waals surface area contributed by atoms with Crippen molar-refractivity contribution in [2.45, 2.75) is 32.4 Å². The van der Waals surface area contributed by atoms with Crippen molar-refractivity contribution < 1.29 is 9.50 Å². The van der Waals surface area contributed by atoms with Gasteiger partial charge in [0.2, 0.25) is 0 Å². The first kappa shape index (κ1) is 12.3. The minimum Gasteiger partial charge on any atom is -0.388 e. The van der Waals surface area contributed by atoms with Gasteiger partial charge in [-0.25, -0.2) is 4.39 Å². The van der Waals surface area contributed by atoms with Gasteiger partial charge in [0.15, 0.2) is 0 Å². The number of hydrogen-bond donors (Lipinski definition) is 2. The molecule has 15 heavy (non-hydrogen) atoms. The fraction of sp³-hybridized carbons (Fsp3) is 0.455. The van der Waals surface area contributed by atoms with E-state index in [0.29, 0.717) is 10.7 Å². The number of anilines is 1. The highest BCUT2D eigenvalue weighted by Crippen LogP contribution is 2.25. The predicted molar refractivity (Wildman–Crippen MR) is 60.8 cm³/mol. The van der Waals surface area contributed by atoms with Crippen LogP contribution in [-0.2, 0) is 0 Å². The van der Waals surface area contributed by atoms with Crippen LogP contribution in [0.5, 0.6) is 0 Å². The fourth-order valence-corrected chi connectivity index (χ4v) is 1.19. The summed E-state index contributed by atoms with van der Waals surface area (Å²) in [7, 11) is 0. The largest absolute Gasteiger partial charge is 0.388 e. The summed E-state index contributed by atoms with van der Waals surface area (Å²) in [6, 6.07) is 3.86. The topological polar surface area (TPSA) is 32.3 Å². The Morgan fingerprint density at radius 1 is 1.47 bits per heavy atom. The second kappa shape index (κ2) is 4.37. The van der Waals surface area contributed by atoms with E-state index in [2.05, 4.69) is 5.32 Å². The lowest BCUT2D eigenvalue weighted by molar-refractivity contribution is 0.0649. The van der Waals surface area contributed by atoms with E-state index in [0.717, 1.165) is 0 Å². The maximum absolute atomic E-state index is 12.9. The third-order valence-electron chi connectivity index (χ3n) is 2.36. The monoisotopic (exact) mass is 231 g/mol. The highest BCUT2D eigenvalue weighted by Gasteiger charge is 2.22. The van der Waals surface area contributed by atoms with Crippen molar-refractivity contribution in [1.29, 1.82) is 0 Å². The minimum absolute atomic E-state index is 0.225.